The molecule has 1 aliphatic carbocycles. The van der Waals surface area contributed by atoms with Crippen LogP contribution in [0.1, 0.15) is 52.4 Å². The second-order valence-corrected chi connectivity index (χ2v) is 6.64. The fourth-order valence-electron chi connectivity index (χ4n) is 4.14. The Balaban J connectivity index is 1.76. The van der Waals surface area contributed by atoms with Crippen molar-refractivity contribution in [3.8, 4) is 0 Å². The van der Waals surface area contributed by atoms with E-state index in [2.05, 4.69) is 42.6 Å². The maximum atomic E-state index is 11.1. The minimum atomic E-state index is -0.878. The van der Waals surface area contributed by atoms with Crippen molar-refractivity contribution in [3.05, 3.63) is 76.9 Å². The van der Waals surface area contributed by atoms with Crippen LogP contribution in [-0.4, -0.2) is 11.1 Å². The minimum absolute atomic E-state index is 0.216. The summed E-state index contributed by atoms with van der Waals surface area (Å²) in [4.78, 5) is 11.1. The van der Waals surface area contributed by atoms with Gasteiger partial charge in [-0.25, -0.2) is 4.79 Å². The van der Waals surface area contributed by atoms with Crippen molar-refractivity contribution < 1.29 is 9.90 Å². The number of hydrogen-bond acceptors (Lipinski definition) is 2. The molecule has 24 heavy (non-hydrogen) atoms. The fraction of sp³-hybridized carbons (Fsp3) is 0.286. The number of allylic oxidation sites excluding steroid dienone is 2. The number of para-hydroxylation sites is 1. The van der Waals surface area contributed by atoms with E-state index in [9.17, 15) is 4.79 Å². The number of carboxylic acid groups (broad SMARTS) is 1. The van der Waals surface area contributed by atoms with E-state index < -0.39 is 5.97 Å². The van der Waals surface area contributed by atoms with Crippen molar-refractivity contribution in [1.29, 1.82) is 0 Å². The van der Waals surface area contributed by atoms with Crippen molar-refractivity contribution in [2.24, 2.45) is 5.92 Å². The van der Waals surface area contributed by atoms with Crippen molar-refractivity contribution >= 4 is 11.7 Å². The summed E-state index contributed by atoms with van der Waals surface area (Å²) in [6, 6.07) is 14.1. The Morgan fingerprint density at radius 3 is 2.71 bits per heavy atom. The van der Waals surface area contributed by atoms with Crippen LogP contribution in [0.2, 0.25) is 0 Å². The highest BCUT2D eigenvalue weighted by atomic mass is 16.4. The van der Waals surface area contributed by atoms with E-state index in [1.165, 1.54) is 16.8 Å². The molecule has 1 aliphatic heterocycles. The van der Waals surface area contributed by atoms with Crippen LogP contribution in [0.5, 0.6) is 0 Å². The minimum Gasteiger partial charge on any atom is -0.478 e. The first-order chi connectivity index (χ1) is 11.7. The van der Waals surface area contributed by atoms with Gasteiger partial charge in [0.1, 0.15) is 0 Å². The van der Waals surface area contributed by atoms with E-state index in [4.69, 9.17) is 5.11 Å². The van der Waals surface area contributed by atoms with Gasteiger partial charge in [-0.15, -0.1) is 0 Å². The molecule has 2 aliphatic rings. The molecule has 2 aromatic carbocycles. The van der Waals surface area contributed by atoms with Gasteiger partial charge in [-0.1, -0.05) is 49.4 Å². The molecule has 2 aromatic rings. The van der Waals surface area contributed by atoms with Gasteiger partial charge in [-0.05, 0) is 47.6 Å². The van der Waals surface area contributed by atoms with E-state index in [1.807, 2.05) is 12.1 Å². The molecule has 0 saturated carbocycles. The zero-order chi connectivity index (χ0) is 16.7. The van der Waals surface area contributed by atoms with Crippen molar-refractivity contribution in [1.82, 2.24) is 0 Å². The lowest BCUT2D eigenvalue weighted by molar-refractivity contribution is 0.0697. The highest BCUT2D eigenvalue weighted by molar-refractivity contribution is 5.87. The number of nitrogens with one attached hydrogen (secondary N) is 1. The van der Waals surface area contributed by atoms with Gasteiger partial charge in [-0.2, -0.15) is 0 Å². The number of aryl methyl sites for hydroxylation is 1. The third-order valence-corrected chi connectivity index (χ3v) is 5.38. The highest BCUT2D eigenvalue weighted by Crippen LogP contribution is 2.50. The zero-order valence-corrected chi connectivity index (χ0v) is 13.7. The van der Waals surface area contributed by atoms with Gasteiger partial charge in [0, 0.05) is 11.6 Å². The van der Waals surface area contributed by atoms with Gasteiger partial charge in [0.25, 0.3) is 0 Å². The van der Waals surface area contributed by atoms with Crippen LogP contribution < -0.4 is 5.32 Å². The SMILES string of the molecule is CCc1cccc2c1N[C@H](c1ccc(C(=O)O)cc1)[C@@H]1CC=C[C@@H]21. The number of aromatic carboxylic acids is 1. The smallest absolute Gasteiger partial charge is 0.335 e. The van der Waals surface area contributed by atoms with E-state index in [-0.39, 0.29) is 6.04 Å². The molecule has 3 heteroatoms. The molecular weight excluding hydrogens is 298 g/mol. The molecular formula is C21H21NO2. The molecule has 0 amide bonds. The topological polar surface area (TPSA) is 49.3 Å². The number of hydrogen-bond donors (Lipinski definition) is 2. The molecule has 0 fully saturated rings. The molecule has 0 spiro atoms. The Kier molecular flexibility index (Phi) is 3.64. The summed E-state index contributed by atoms with van der Waals surface area (Å²) in [6.07, 6.45) is 6.67. The lowest BCUT2D eigenvalue weighted by Gasteiger charge is -2.38. The lowest BCUT2D eigenvalue weighted by Crippen LogP contribution is -2.29. The van der Waals surface area contributed by atoms with Crippen LogP contribution in [-0.2, 0) is 6.42 Å². The molecule has 0 bridgehead atoms. The van der Waals surface area contributed by atoms with E-state index >= 15 is 0 Å². The number of benzene rings is 2. The standard InChI is InChI=1S/C21H21NO2/c1-2-13-5-3-7-17-16-6-4-8-18(16)20(22-19(13)17)14-9-11-15(12-10-14)21(23)24/h3-7,9-12,16,18,20,22H,2,8H2,1H3,(H,23,24)/t16-,18+,20+/m0/s1. The van der Waals surface area contributed by atoms with E-state index in [0.717, 1.165) is 18.4 Å². The summed E-state index contributed by atoms with van der Waals surface area (Å²) in [5.74, 6) is 0.0503. The van der Waals surface area contributed by atoms with E-state index in [1.54, 1.807) is 12.1 Å². The predicted octanol–water partition coefficient (Wildman–Crippen LogP) is 4.77. The van der Waals surface area contributed by atoms with Crippen molar-refractivity contribution in [2.75, 3.05) is 5.32 Å². The quantitative estimate of drug-likeness (QED) is 0.801. The van der Waals surface area contributed by atoms with Crippen molar-refractivity contribution in [2.45, 2.75) is 31.7 Å². The zero-order valence-electron chi connectivity index (χ0n) is 13.7. The first-order valence-electron chi connectivity index (χ1n) is 8.57. The molecule has 4 rings (SSSR count). The molecule has 0 unspecified atom stereocenters. The molecule has 3 atom stereocenters. The first-order valence-corrected chi connectivity index (χ1v) is 8.57. The maximum Gasteiger partial charge on any atom is 0.335 e. The third-order valence-electron chi connectivity index (χ3n) is 5.38. The van der Waals surface area contributed by atoms with Crippen LogP contribution in [0.15, 0.2) is 54.6 Å². The third kappa shape index (κ3) is 2.32. The highest BCUT2D eigenvalue weighted by Gasteiger charge is 2.38. The van der Waals surface area contributed by atoms with Crippen LogP contribution in [0.4, 0.5) is 5.69 Å². The number of fused-ring (bicyclic) bond motifs is 3. The first kappa shape index (κ1) is 15.0. The number of carboxylic acids is 1. The number of carbonyl (C=O) groups is 1. The Hall–Kier alpha value is -2.55. The second kappa shape index (κ2) is 5.82. The van der Waals surface area contributed by atoms with Gasteiger partial charge in [0.2, 0.25) is 0 Å². The van der Waals surface area contributed by atoms with Crippen LogP contribution in [0.3, 0.4) is 0 Å². The van der Waals surface area contributed by atoms with Gasteiger partial charge in [0.05, 0.1) is 11.6 Å². The normalized spacial score (nSPS) is 24.1. The van der Waals surface area contributed by atoms with Crippen LogP contribution in [0, 0.1) is 5.92 Å². The summed E-state index contributed by atoms with van der Waals surface area (Å²) in [6.45, 7) is 2.19. The molecule has 2 N–H and O–H groups in total. The summed E-state index contributed by atoms with van der Waals surface area (Å²) in [7, 11) is 0. The van der Waals surface area contributed by atoms with Gasteiger partial charge in [-0.3, -0.25) is 0 Å². The number of rotatable bonds is 3. The summed E-state index contributed by atoms with van der Waals surface area (Å²) < 4.78 is 0. The van der Waals surface area contributed by atoms with Crippen molar-refractivity contribution in [3.63, 3.8) is 0 Å². The summed E-state index contributed by atoms with van der Waals surface area (Å²) in [5.41, 5.74) is 5.51. The Morgan fingerprint density at radius 1 is 1.21 bits per heavy atom. The molecule has 0 aromatic heterocycles. The molecule has 3 nitrogen and oxygen atoms in total. The Bertz CT molecular complexity index is 807. The van der Waals surface area contributed by atoms with Gasteiger partial charge in [0.15, 0.2) is 0 Å². The molecule has 122 valence electrons. The maximum absolute atomic E-state index is 11.1. The molecule has 0 radical (unpaired) electrons. The van der Waals surface area contributed by atoms with Gasteiger partial charge >= 0.3 is 5.97 Å². The monoisotopic (exact) mass is 319 g/mol. The lowest BCUT2D eigenvalue weighted by atomic mass is 9.76. The van der Waals surface area contributed by atoms with Crippen LogP contribution in [0.25, 0.3) is 0 Å². The van der Waals surface area contributed by atoms with E-state index in [0.29, 0.717) is 17.4 Å². The predicted molar refractivity (Wildman–Crippen MR) is 95.6 cm³/mol. The Labute approximate surface area is 142 Å². The molecule has 0 saturated heterocycles. The van der Waals surface area contributed by atoms with Gasteiger partial charge < -0.3 is 10.4 Å². The fourth-order valence-corrected chi connectivity index (χ4v) is 4.14. The average Bonchev–Trinajstić information content (AvgIpc) is 3.10. The second-order valence-electron chi connectivity index (χ2n) is 6.64. The Morgan fingerprint density at radius 2 is 2.00 bits per heavy atom. The molecule has 1 heterocycles. The summed E-state index contributed by atoms with van der Waals surface area (Å²) >= 11 is 0. The largest absolute Gasteiger partial charge is 0.478 e. The van der Waals surface area contributed by atoms with Crippen LogP contribution >= 0.6 is 0 Å². The number of anilines is 1. The summed E-state index contributed by atoms with van der Waals surface area (Å²) in [5, 5.41) is 12.9. The average molecular weight is 319 g/mol.